The Bertz CT molecular complexity index is 1140. The third-order valence-corrected chi connectivity index (χ3v) is 6.39. The summed E-state index contributed by atoms with van der Waals surface area (Å²) in [5.41, 5.74) is 0.930. The molecule has 0 saturated carbocycles. The fraction of sp³-hybridized carbons (Fsp3) is 0.150. The molecule has 10 heteroatoms. The van der Waals surface area contributed by atoms with Gasteiger partial charge in [0.15, 0.2) is 5.82 Å². The average molecular weight is 460 g/mol. The number of nitrogens with two attached hydrogens (primary N) is 1. The zero-order chi connectivity index (χ0) is 21.1. The molecule has 3 aromatic heterocycles. The van der Waals surface area contributed by atoms with Crippen molar-refractivity contribution in [1.29, 1.82) is 0 Å². The van der Waals surface area contributed by atoms with Crippen LogP contribution in [-0.2, 0) is 11.3 Å². The summed E-state index contributed by atoms with van der Waals surface area (Å²) in [5, 5.41) is 11.3. The van der Waals surface area contributed by atoms with Crippen LogP contribution in [0.1, 0.15) is 5.76 Å². The lowest BCUT2D eigenvalue weighted by Crippen LogP contribution is -2.27. The van der Waals surface area contributed by atoms with Crippen molar-refractivity contribution >= 4 is 40.6 Å². The summed E-state index contributed by atoms with van der Waals surface area (Å²) in [4.78, 5) is 15.1. The molecule has 0 radical (unpaired) electrons. The van der Waals surface area contributed by atoms with Crippen molar-refractivity contribution < 1.29 is 9.21 Å². The van der Waals surface area contributed by atoms with Crippen molar-refractivity contribution in [3.63, 3.8) is 0 Å². The van der Waals surface area contributed by atoms with E-state index in [4.69, 9.17) is 21.9 Å². The van der Waals surface area contributed by atoms with E-state index in [9.17, 15) is 4.79 Å². The highest BCUT2D eigenvalue weighted by atomic mass is 35.5. The molecule has 1 aromatic carbocycles. The quantitative estimate of drug-likeness (QED) is 0.325. The highest BCUT2D eigenvalue weighted by molar-refractivity contribution is 7.99. The van der Waals surface area contributed by atoms with E-state index >= 15 is 0 Å². The third kappa shape index (κ3) is 4.53. The first-order chi connectivity index (χ1) is 14.5. The number of hydrogen-bond donors (Lipinski definition) is 1. The molecule has 0 saturated heterocycles. The van der Waals surface area contributed by atoms with Crippen LogP contribution in [0.15, 0.2) is 63.5 Å². The lowest BCUT2D eigenvalue weighted by molar-refractivity contribution is -0.127. The maximum absolute atomic E-state index is 12.5. The molecule has 4 rings (SSSR count). The largest absolute Gasteiger partial charge is 0.459 e. The molecule has 3 heterocycles. The van der Waals surface area contributed by atoms with Crippen molar-refractivity contribution in [2.24, 2.45) is 0 Å². The molecule has 30 heavy (non-hydrogen) atoms. The van der Waals surface area contributed by atoms with Crippen LogP contribution in [0, 0.1) is 0 Å². The second-order valence-corrected chi connectivity index (χ2v) is 8.79. The first kappa shape index (κ1) is 20.5. The molecule has 2 N–H and O–H groups in total. The average Bonchev–Trinajstić information content (AvgIpc) is 3.48. The van der Waals surface area contributed by atoms with Crippen LogP contribution >= 0.6 is 34.7 Å². The number of nitrogens with zero attached hydrogens (tertiary/aromatic N) is 4. The number of nitrogen functional groups attached to an aromatic ring is 1. The van der Waals surface area contributed by atoms with Crippen molar-refractivity contribution in [2.75, 3.05) is 18.6 Å². The second-order valence-electron chi connectivity index (χ2n) is 6.46. The number of carbonyl (C=O) groups excluding carboxylic acids is 1. The maximum Gasteiger partial charge on any atom is 0.233 e. The van der Waals surface area contributed by atoms with Gasteiger partial charge in [0, 0.05) is 17.6 Å². The first-order valence-corrected chi connectivity index (χ1v) is 11.2. The van der Waals surface area contributed by atoms with Gasteiger partial charge in [-0.1, -0.05) is 29.4 Å². The number of amides is 1. The Labute approximate surface area is 186 Å². The van der Waals surface area contributed by atoms with Crippen LogP contribution in [0.2, 0.25) is 5.02 Å². The number of hydrogen-bond acceptors (Lipinski definition) is 7. The first-order valence-electron chi connectivity index (χ1n) is 8.97. The summed E-state index contributed by atoms with van der Waals surface area (Å²) < 4.78 is 7.28. The number of aromatic nitrogens is 3. The fourth-order valence-electron chi connectivity index (χ4n) is 2.74. The Balaban J connectivity index is 1.34. The lowest BCUT2D eigenvalue weighted by Gasteiger charge is -2.15. The summed E-state index contributed by atoms with van der Waals surface area (Å²) in [6, 6.07) is 15.0. The summed E-state index contributed by atoms with van der Waals surface area (Å²) >= 11 is 8.71. The molecule has 0 spiro atoms. The summed E-state index contributed by atoms with van der Waals surface area (Å²) in [6.45, 7) is 0.364. The predicted octanol–water partition coefficient (Wildman–Crippen LogP) is 4.38. The van der Waals surface area contributed by atoms with Crippen LogP contribution in [0.4, 0.5) is 0 Å². The van der Waals surface area contributed by atoms with Gasteiger partial charge in [-0.3, -0.25) is 4.79 Å². The van der Waals surface area contributed by atoms with Gasteiger partial charge in [0.2, 0.25) is 11.1 Å². The normalized spacial score (nSPS) is 11.0. The van der Waals surface area contributed by atoms with Gasteiger partial charge in [-0.25, -0.2) is 4.68 Å². The molecule has 0 bridgehead atoms. The van der Waals surface area contributed by atoms with Crippen LogP contribution in [0.5, 0.6) is 0 Å². The van der Waals surface area contributed by atoms with Crippen LogP contribution in [-0.4, -0.2) is 38.5 Å². The van der Waals surface area contributed by atoms with E-state index in [0.29, 0.717) is 28.3 Å². The molecule has 0 aliphatic carbocycles. The lowest BCUT2D eigenvalue weighted by atomic mass is 10.2. The zero-order valence-electron chi connectivity index (χ0n) is 16.0. The van der Waals surface area contributed by atoms with Gasteiger partial charge in [0.25, 0.3) is 0 Å². The number of benzene rings is 1. The van der Waals surface area contributed by atoms with E-state index in [1.165, 1.54) is 27.8 Å². The molecule has 0 aliphatic rings. The summed E-state index contributed by atoms with van der Waals surface area (Å²) in [7, 11) is 1.73. The van der Waals surface area contributed by atoms with Gasteiger partial charge < -0.3 is 15.2 Å². The van der Waals surface area contributed by atoms with Crippen molar-refractivity contribution in [2.45, 2.75) is 11.7 Å². The Morgan fingerprint density at radius 1 is 1.23 bits per heavy atom. The van der Waals surface area contributed by atoms with Gasteiger partial charge >= 0.3 is 0 Å². The molecule has 1 amide bonds. The van der Waals surface area contributed by atoms with Crippen LogP contribution in [0.25, 0.3) is 22.0 Å². The van der Waals surface area contributed by atoms with Crippen LogP contribution < -0.4 is 5.84 Å². The fourth-order valence-corrected chi connectivity index (χ4v) is 4.37. The van der Waals surface area contributed by atoms with Crippen molar-refractivity contribution in [1.82, 2.24) is 19.8 Å². The molecule has 154 valence electrons. The van der Waals surface area contributed by atoms with E-state index in [-0.39, 0.29) is 11.7 Å². The number of halogens is 1. The van der Waals surface area contributed by atoms with Gasteiger partial charge in [-0.05, 0) is 47.8 Å². The zero-order valence-corrected chi connectivity index (χ0v) is 18.4. The number of carbonyl (C=O) groups is 1. The Morgan fingerprint density at radius 2 is 2.03 bits per heavy atom. The van der Waals surface area contributed by atoms with E-state index in [0.717, 1.165) is 16.2 Å². The SMILES string of the molecule is CN(Cc1ccc(-c2ccc(Cl)cc2)o1)C(=O)CSc1nnc(-c2cccs2)n1N. The van der Waals surface area contributed by atoms with E-state index < -0.39 is 0 Å². The van der Waals surface area contributed by atoms with Gasteiger partial charge in [-0.15, -0.1) is 21.5 Å². The van der Waals surface area contributed by atoms with E-state index in [1.807, 2.05) is 53.9 Å². The Kier molecular flexibility index (Phi) is 6.12. The van der Waals surface area contributed by atoms with E-state index in [2.05, 4.69) is 10.2 Å². The molecular weight excluding hydrogens is 442 g/mol. The predicted molar refractivity (Wildman–Crippen MR) is 120 cm³/mol. The molecular formula is C20H18ClN5O2S2. The van der Waals surface area contributed by atoms with Crippen LogP contribution in [0.3, 0.4) is 0 Å². The smallest absolute Gasteiger partial charge is 0.233 e. The van der Waals surface area contributed by atoms with E-state index in [1.54, 1.807) is 11.9 Å². The standard InChI is InChI=1S/C20H18ClN5O2S2/c1-25(11-15-8-9-16(28-15)13-4-6-14(21)7-5-13)18(27)12-30-20-24-23-19(26(20)22)17-3-2-10-29-17/h2-10H,11-12,22H2,1H3. The highest BCUT2D eigenvalue weighted by Crippen LogP contribution is 2.26. The minimum absolute atomic E-state index is 0.0647. The number of furan rings is 1. The minimum atomic E-state index is -0.0647. The number of thioether (sulfide) groups is 1. The third-order valence-electron chi connectivity index (χ3n) is 4.34. The van der Waals surface area contributed by atoms with Crippen molar-refractivity contribution in [3.8, 4) is 22.0 Å². The molecule has 7 nitrogen and oxygen atoms in total. The van der Waals surface area contributed by atoms with Gasteiger partial charge in [0.1, 0.15) is 11.5 Å². The monoisotopic (exact) mass is 459 g/mol. The highest BCUT2D eigenvalue weighted by Gasteiger charge is 2.17. The Morgan fingerprint density at radius 3 is 2.77 bits per heavy atom. The van der Waals surface area contributed by atoms with Gasteiger partial charge in [-0.2, -0.15) is 0 Å². The maximum atomic E-state index is 12.5. The number of thiophene rings is 1. The Hall–Kier alpha value is -2.75. The molecule has 4 aromatic rings. The molecule has 0 unspecified atom stereocenters. The summed E-state index contributed by atoms with van der Waals surface area (Å²) in [6.07, 6.45) is 0. The molecule has 0 fully saturated rings. The summed E-state index contributed by atoms with van der Waals surface area (Å²) in [5.74, 6) is 8.22. The topological polar surface area (TPSA) is 90.2 Å². The molecule has 0 aliphatic heterocycles. The number of rotatable bonds is 7. The van der Waals surface area contributed by atoms with Crippen molar-refractivity contribution in [3.05, 3.63) is 64.7 Å². The minimum Gasteiger partial charge on any atom is -0.459 e. The molecule has 0 atom stereocenters. The van der Waals surface area contributed by atoms with Gasteiger partial charge in [0.05, 0.1) is 17.2 Å². The second kappa shape index (κ2) is 8.95.